The van der Waals surface area contributed by atoms with Crippen molar-refractivity contribution in [2.75, 3.05) is 5.32 Å². The summed E-state index contributed by atoms with van der Waals surface area (Å²) in [7, 11) is 0. The minimum Gasteiger partial charge on any atom is -0.381 e. The standard InChI is InChI=1S/C14H12BrFN2O2/c1-9-6-12(18(19)20)4-5-14(9)17-8-10-2-3-11(15)7-13(10)16/h2-7,17H,8H2,1H3. The number of halogens is 2. The highest BCUT2D eigenvalue weighted by Gasteiger charge is 2.08. The van der Waals surface area contributed by atoms with Gasteiger partial charge in [0.2, 0.25) is 0 Å². The molecule has 0 bridgehead atoms. The second-order valence-corrected chi connectivity index (χ2v) is 5.26. The maximum absolute atomic E-state index is 13.7. The van der Waals surface area contributed by atoms with Crippen molar-refractivity contribution in [2.24, 2.45) is 0 Å². The molecule has 0 spiro atoms. The molecule has 0 aromatic heterocycles. The van der Waals surface area contributed by atoms with Gasteiger partial charge in [0.15, 0.2) is 0 Å². The quantitative estimate of drug-likeness (QED) is 0.663. The molecular formula is C14H12BrFN2O2. The van der Waals surface area contributed by atoms with Crippen molar-refractivity contribution in [3.8, 4) is 0 Å². The zero-order valence-electron chi connectivity index (χ0n) is 10.7. The van der Waals surface area contributed by atoms with Gasteiger partial charge < -0.3 is 5.32 Å². The lowest BCUT2D eigenvalue weighted by molar-refractivity contribution is -0.384. The molecule has 0 aliphatic heterocycles. The predicted octanol–water partition coefficient (Wildman–Crippen LogP) is 4.42. The predicted molar refractivity (Wildman–Crippen MR) is 79.3 cm³/mol. The first-order chi connectivity index (χ1) is 9.47. The van der Waals surface area contributed by atoms with E-state index in [1.165, 1.54) is 18.2 Å². The number of anilines is 1. The Morgan fingerprint density at radius 1 is 1.30 bits per heavy atom. The smallest absolute Gasteiger partial charge is 0.269 e. The van der Waals surface area contributed by atoms with Gasteiger partial charge >= 0.3 is 0 Å². The molecule has 0 fully saturated rings. The van der Waals surface area contributed by atoms with Gasteiger partial charge in [0.1, 0.15) is 5.82 Å². The molecule has 0 saturated heterocycles. The number of rotatable bonds is 4. The lowest BCUT2D eigenvalue weighted by atomic mass is 10.1. The molecule has 2 aromatic rings. The Bertz CT molecular complexity index is 662. The number of benzene rings is 2. The molecule has 20 heavy (non-hydrogen) atoms. The van der Waals surface area contributed by atoms with Crippen LogP contribution in [-0.2, 0) is 6.54 Å². The van der Waals surface area contributed by atoms with Crippen molar-refractivity contribution >= 4 is 27.3 Å². The SMILES string of the molecule is Cc1cc([N+](=O)[O-])ccc1NCc1ccc(Br)cc1F. The Kier molecular flexibility index (Phi) is 4.34. The molecule has 2 aromatic carbocycles. The van der Waals surface area contributed by atoms with E-state index in [2.05, 4.69) is 21.2 Å². The van der Waals surface area contributed by atoms with Crippen molar-refractivity contribution in [3.63, 3.8) is 0 Å². The van der Waals surface area contributed by atoms with Crippen molar-refractivity contribution < 1.29 is 9.31 Å². The topological polar surface area (TPSA) is 55.2 Å². The molecule has 2 rings (SSSR count). The second kappa shape index (κ2) is 6.00. The van der Waals surface area contributed by atoms with E-state index in [0.29, 0.717) is 16.6 Å². The largest absolute Gasteiger partial charge is 0.381 e. The summed E-state index contributed by atoms with van der Waals surface area (Å²) in [6.45, 7) is 2.09. The molecule has 0 heterocycles. The van der Waals surface area contributed by atoms with Crippen LogP contribution in [0.4, 0.5) is 15.8 Å². The van der Waals surface area contributed by atoms with E-state index in [0.717, 1.165) is 11.3 Å². The summed E-state index contributed by atoms with van der Waals surface area (Å²) in [4.78, 5) is 10.2. The molecule has 0 amide bonds. The summed E-state index contributed by atoms with van der Waals surface area (Å²) in [5.74, 6) is -0.300. The lowest BCUT2D eigenvalue weighted by Gasteiger charge is -2.10. The second-order valence-electron chi connectivity index (χ2n) is 4.35. The molecule has 6 heteroatoms. The third kappa shape index (κ3) is 3.33. The maximum atomic E-state index is 13.7. The minimum atomic E-state index is -0.439. The average molecular weight is 339 g/mol. The fourth-order valence-corrected chi connectivity index (χ4v) is 2.15. The third-order valence-electron chi connectivity index (χ3n) is 2.91. The molecule has 0 atom stereocenters. The first-order valence-electron chi connectivity index (χ1n) is 5.90. The Morgan fingerprint density at radius 3 is 2.65 bits per heavy atom. The number of nitro benzene ring substituents is 1. The molecule has 0 radical (unpaired) electrons. The van der Waals surface area contributed by atoms with Crippen molar-refractivity contribution in [3.05, 3.63) is 67.9 Å². The van der Waals surface area contributed by atoms with E-state index in [-0.39, 0.29) is 11.5 Å². The van der Waals surface area contributed by atoms with Gasteiger partial charge in [-0.3, -0.25) is 10.1 Å². The van der Waals surface area contributed by atoms with Crippen LogP contribution in [0.5, 0.6) is 0 Å². The van der Waals surface area contributed by atoms with Crippen molar-refractivity contribution in [2.45, 2.75) is 13.5 Å². The lowest BCUT2D eigenvalue weighted by Crippen LogP contribution is -2.03. The van der Waals surface area contributed by atoms with Gasteiger partial charge in [0.05, 0.1) is 4.92 Å². The molecule has 0 unspecified atom stereocenters. The zero-order chi connectivity index (χ0) is 14.7. The number of nitro groups is 1. The number of aryl methyl sites for hydroxylation is 1. The summed E-state index contributed by atoms with van der Waals surface area (Å²) in [6, 6.07) is 9.40. The number of hydrogen-bond acceptors (Lipinski definition) is 3. The van der Waals surface area contributed by atoms with Crippen molar-refractivity contribution in [1.29, 1.82) is 0 Å². The van der Waals surface area contributed by atoms with Crippen molar-refractivity contribution in [1.82, 2.24) is 0 Å². The van der Waals surface area contributed by atoms with Gasteiger partial charge in [-0.05, 0) is 30.7 Å². The molecular weight excluding hydrogens is 327 g/mol. The zero-order valence-corrected chi connectivity index (χ0v) is 12.3. The highest BCUT2D eigenvalue weighted by Crippen LogP contribution is 2.22. The summed E-state index contributed by atoms with van der Waals surface area (Å²) >= 11 is 3.20. The number of nitrogens with zero attached hydrogens (tertiary/aromatic N) is 1. The molecule has 104 valence electrons. The first-order valence-corrected chi connectivity index (χ1v) is 6.69. The molecule has 1 N–H and O–H groups in total. The average Bonchev–Trinajstić information content (AvgIpc) is 2.38. The van der Waals surface area contributed by atoms with Crippen LogP contribution in [0.3, 0.4) is 0 Å². The summed E-state index contributed by atoms with van der Waals surface area (Å²) in [6.07, 6.45) is 0. The van der Waals surface area contributed by atoms with Crippen LogP contribution in [-0.4, -0.2) is 4.92 Å². The number of non-ortho nitro benzene ring substituents is 1. The van der Waals surface area contributed by atoms with E-state index in [9.17, 15) is 14.5 Å². The third-order valence-corrected chi connectivity index (χ3v) is 3.40. The Balaban J connectivity index is 2.13. The highest BCUT2D eigenvalue weighted by atomic mass is 79.9. The fourth-order valence-electron chi connectivity index (χ4n) is 1.82. The number of hydrogen-bond donors (Lipinski definition) is 1. The van der Waals surface area contributed by atoms with E-state index in [1.54, 1.807) is 25.1 Å². The van der Waals surface area contributed by atoms with Gasteiger partial charge in [-0.2, -0.15) is 0 Å². The normalized spacial score (nSPS) is 10.3. The van der Waals surface area contributed by atoms with Crippen LogP contribution in [0.1, 0.15) is 11.1 Å². The summed E-state index contributed by atoms with van der Waals surface area (Å²) in [5.41, 5.74) is 2.07. The van der Waals surface area contributed by atoms with Crippen LogP contribution in [0, 0.1) is 22.9 Å². The summed E-state index contributed by atoms with van der Waals surface area (Å²) in [5, 5.41) is 13.7. The fraction of sp³-hybridized carbons (Fsp3) is 0.143. The molecule has 0 saturated carbocycles. The van der Waals surface area contributed by atoms with Gasteiger partial charge in [-0.1, -0.05) is 22.0 Å². The monoisotopic (exact) mass is 338 g/mol. The van der Waals surface area contributed by atoms with Gasteiger partial charge in [-0.15, -0.1) is 0 Å². The van der Waals surface area contributed by atoms with Crippen LogP contribution in [0.2, 0.25) is 0 Å². The Morgan fingerprint density at radius 2 is 2.05 bits per heavy atom. The highest BCUT2D eigenvalue weighted by molar-refractivity contribution is 9.10. The van der Waals surface area contributed by atoms with Gasteiger partial charge in [0, 0.05) is 34.4 Å². The Hall–Kier alpha value is -1.95. The van der Waals surface area contributed by atoms with Crippen LogP contribution in [0.15, 0.2) is 40.9 Å². The van der Waals surface area contributed by atoms with Gasteiger partial charge in [0.25, 0.3) is 5.69 Å². The maximum Gasteiger partial charge on any atom is 0.269 e. The van der Waals surface area contributed by atoms with Crippen LogP contribution in [0.25, 0.3) is 0 Å². The van der Waals surface area contributed by atoms with Crippen LogP contribution >= 0.6 is 15.9 Å². The molecule has 0 aliphatic rings. The van der Waals surface area contributed by atoms with E-state index in [1.807, 2.05) is 0 Å². The molecule has 4 nitrogen and oxygen atoms in total. The van der Waals surface area contributed by atoms with E-state index >= 15 is 0 Å². The first kappa shape index (κ1) is 14.5. The van der Waals surface area contributed by atoms with Gasteiger partial charge in [-0.25, -0.2) is 4.39 Å². The Labute approximate surface area is 123 Å². The molecule has 0 aliphatic carbocycles. The summed E-state index contributed by atoms with van der Waals surface area (Å²) < 4.78 is 14.3. The van der Waals surface area contributed by atoms with E-state index in [4.69, 9.17) is 0 Å². The number of nitrogens with one attached hydrogen (secondary N) is 1. The van der Waals surface area contributed by atoms with E-state index < -0.39 is 4.92 Å². The minimum absolute atomic E-state index is 0.0443. The van der Waals surface area contributed by atoms with Crippen LogP contribution < -0.4 is 5.32 Å².